The standard InChI is InChI=1S/C19H25N3O/c1-15-6-5-9-17(21-15)12-20-19(16-7-3-2-4-8-16)14-22-11-10-18(23)13-22/h2-9,18-20,23H,10-14H2,1H3/t18-,19?/m0/s1. The SMILES string of the molecule is Cc1cccc(CNC(CN2CC[C@H](O)C2)c2ccccc2)n1. The Morgan fingerprint density at radius 3 is 2.74 bits per heavy atom. The molecule has 2 heterocycles. The van der Waals surface area contributed by atoms with E-state index < -0.39 is 0 Å². The Morgan fingerprint density at radius 1 is 1.22 bits per heavy atom. The number of pyridine rings is 1. The van der Waals surface area contributed by atoms with Gasteiger partial charge >= 0.3 is 0 Å². The number of hydrogen-bond donors (Lipinski definition) is 2. The maximum atomic E-state index is 9.75. The van der Waals surface area contributed by atoms with Gasteiger partial charge in [-0.3, -0.25) is 9.88 Å². The molecular weight excluding hydrogens is 286 g/mol. The van der Waals surface area contributed by atoms with Crippen molar-refractivity contribution in [2.45, 2.75) is 32.0 Å². The predicted molar refractivity (Wildman–Crippen MR) is 92.1 cm³/mol. The van der Waals surface area contributed by atoms with Crippen molar-refractivity contribution in [1.29, 1.82) is 0 Å². The quantitative estimate of drug-likeness (QED) is 0.859. The van der Waals surface area contributed by atoms with Gasteiger partial charge in [0.2, 0.25) is 0 Å². The largest absolute Gasteiger partial charge is 0.392 e. The van der Waals surface area contributed by atoms with Gasteiger partial charge in [-0.1, -0.05) is 36.4 Å². The highest BCUT2D eigenvalue weighted by Gasteiger charge is 2.23. The van der Waals surface area contributed by atoms with Crippen molar-refractivity contribution in [3.8, 4) is 0 Å². The Labute approximate surface area is 138 Å². The van der Waals surface area contributed by atoms with Crippen molar-refractivity contribution in [3.05, 3.63) is 65.5 Å². The van der Waals surface area contributed by atoms with Gasteiger partial charge in [-0.15, -0.1) is 0 Å². The molecule has 122 valence electrons. The zero-order valence-corrected chi connectivity index (χ0v) is 13.7. The molecule has 4 nitrogen and oxygen atoms in total. The molecule has 1 unspecified atom stereocenters. The molecule has 2 aromatic rings. The van der Waals surface area contributed by atoms with Crippen LogP contribution in [0.1, 0.15) is 29.4 Å². The van der Waals surface area contributed by atoms with Gasteiger partial charge in [0.05, 0.1) is 11.8 Å². The Balaban J connectivity index is 1.67. The third-order valence-electron chi connectivity index (χ3n) is 4.37. The first-order valence-corrected chi connectivity index (χ1v) is 8.32. The van der Waals surface area contributed by atoms with E-state index in [2.05, 4.69) is 45.5 Å². The zero-order valence-electron chi connectivity index (χ0n) is 13.7. The minimum atomic E-state index is -0.176. The molecule has 0 amide bonds. The highest BCUT2D eigenvalue weighted by atomic mass is 16.3. The molecule has 0 aliphatic carbocycles. The van der Waals surface area contributed by atoms with Crippen LogP contribution >= 0.6 is 0 Å². The van der Waals surface area contributed by atoms with E-state index in [1.165, 1.54) is 5.56 Å². The van der Waals surface area contributed by atoms with Crippen LogP contribution in [0, 0.1) is 6.92 Å². The smallest absolute Gasteiger partial charge is 0.0679 e. The number of aliphatic hydroxyl groups is 1. The number of benzene rings is 1. The molecule has 1 aliphatic rings. The van der Waals surface area contributed by atoms with Crippen molar-refractivity contribution < 1.29 is 5.11 Å². The topological polar surface area (TPSA) is 48.4 Å². The van der Waals surface area contributed by atoms with Crippen molar-refractivity contribution in [2.75, 3.05) is 19.6 Å². The summed E-state index contributed by atoms with van der Waals surface area (Å²) in [5.41, 5.74) is 3.39. The van der Waals surface area contributed by atoms with Gasteiger partial charge in [0.25, 0.3) is 0 Å². The van der Waals surface area contributed by atoms with Crippen LogP contribution in [0.4, 0.5) is 0 Å². The van der Waals surface area contributed by atoms with Gasteiger partial charge in [-0.05, 0) is 31.0 Å². The number of aliphatic hydroxyl groups excluding tert-OH is 1. The third-order valence-corrected chi connectivity index (χ3v) is 4.37. The summed E-state index contributed by atoms with van der Waals surface area (Å²) in [5, 5.41) is 13.4. The van der Waals surface area contributed by atoms with Crippen molar-refractivity contribution in [1.82, 2.24) is 15.2 Å². The molecule has 1 saturated heterocycles. The first-order chi connectivity index (χ1) is 11.2. The van der Waals surface area contributed by atoms with E-state index in [-0.39, 0.29) is 12.1 Å². The molecule has 0 saturated carbocycles. The lowest BCUT2D eigenvalue weighted by Crippen LogP contribution is -2.34. The van der Waals surface area contributed by atoms with E-state index in [1.54, 1.807) is 0 Å². The molecule has 0 radical (unpaired) electrons. The predicted octanol–water partition coefficient (Wildman–Crippen LogP) is 2.29. The number of aromatic nitrogens is 1. The average molecular weight is 311 g/mol. The molecule has 4 heteroatoms. The summed E-state index contributed by atoms with van der Waals surface area (Å²) in [6.07, 6.45) is 0.700. The van der Waals surface area contributed by atoms with Crippen molar-refractivity contribution in [3.63, 3.8) is 0 Å². The van der Waals surface area contributed by atoms with Crippen LogP contribution in [0.25, 0.3) is 0 Å². The lowest BCUT2D eigenvalue weighted by atomic mass is 10.1. The molecule has 2 N–H and O–H groups in total. The maximum Gasteiger partial charge on any atom is 0.0679 e. The second-order valence-electron chi connectivity index (χ2n) is 6.32. The number of rotatable bonds is 6. The van der Waals surface area contributed by atoms with E-state index in [0.717, 1.165) is 44.0 Å². The monoisotopic (exact) mass is 311 g/mol. The maximum absolute atomic E-state index is 9.75. The van der Waals surface area contributed by atoms with E-state index in [4.69, 9.17) is 0 Å². The molecule has 1 aromatic carbocycles. The molecule has 0 bridgehead atoms. The molecule has 1 aromatic heterocycles. The molecule has 2 atom stereocenters. The number of hydrogen-bond acceptors (Lipinski definition) is 4. The molecule has 3 rings (SSSR count). The minimum absolute atomic E-state index is 0.176. The Kier molecular flexibility index (Phi) is 5.39. The van der Waals surface area contributed by atoms with Crippen LogP contribution < -0.4 is 5.32 Å². The lowest BCUT2D eigenvalue weighted by Gasteiger charge is -2.25. The van der Waals surface area contributed by atoms with Crippen LogP contribution in [0.5, 0.6) is 0 Å². The first-order valence-electron chi connectivity index (χ1n) is 8.32. The van der Waals surface area contributed by atoms with Gasteiger partial charge in [0.1, 0.15) is 0 Å². The summed E-state index contributed by atoms with van der Waals surface area (Å²) >= 11 is 0. The summed E-state index contributed by atoms with van der Waals surface area (Å²) in [4.78, 5) is 6.90. The fraction of sp³-hybridized carbons (Fsp3) is 0.421. The van der Waals surface area contributed by atoms with Gasteiger partial charge in [-0.2, -0.15) is 0 Å². The summed E-state index contributed by atoms with van der Waals surface area (Å²) in [6, 6.07) is 16.9. The Morgan fingerprint density at radius 2 is 2.04 bits per heavy atom. The number of aryl methyl sites for hydroxylation is 1. The number of nitrogens with zero attached hydrogens (tertiary/aromatic N) is 2. The van der Waals surface area contributed by atoms with E-state index >= 15 is 0 Å². The average Bonchev–Trinajstić information content (AvgIpc) is 2.97. The van der Waals surface area contributed by atoms with Crippen molar-refractivity contribution in [2.24, 2.45) is 0 Å². The molecule has 0 spiro atoms. The van der Waals surface area contributed by atoms with E-state index in [1.807, 2.05) is 25.1 Å². The molecular formula is C19H25N3O. The molecule has 23 heavy (non-hydrogen) atoms. The molecule has 1 aliphatic heterocycles. The van der Waals surface area contributed by atoms with Crippen LogP contribution in [0.2, 0.25) is 0 Å². The van der Waals surface area contributed by atoms with Gasteiger partial charge in [0.15, 0.2) is 0 Å². The van der Waals surface area contributed by atoms with E-state index in [9.17, 15) is 5.11 Å². The first kappa shape index (κ1) is 16.1. The third kappa shape index (κ3) is 4.61. The zero-order chi connectivity index (χ0) is 16.1. The highest BCUT2D eigenvalue weighted by Crippen LogP contribution is 2.18. The fourth-order valence-electron chi connectivity index (χ4n) is 3.14. The normalized spacial score (nSPS) is 19.8. The van der Waals surface area contributed by atoms with Gasteiger partial charge in [0, 0.05) is 37.9 Å². The summed E-state index contributed by atoms with van der Waals surface area (Å²) in [7, 11) is 0. The second kappa shape index (κ2) is 7.68. The summed E-state index contributed by atoms with van der Waals surface area (Å²) < 4.78 is 0. The van der Waals surface area contributed by atoms with Crippen LogP contribution in [0.15, 0.2) is 48.5 Å². The number of β-amino-alcohol motifs (C(OH)–C–C–N with tert-alkyl or cyclic N) is 1. The van der Waals surface area contributed by atoms with E-state index in [0.29, 0.717) is 0 Å². The van der Waals surface area contributed by atoms with Crippen LogP contribution in [0.3, 0.4) is 0 Å². The fourth-order valence-corrected chi connectivity index (χ4v) is 3.14. The van der Waals surface area contributed by atoms with Gasteiger partial charge < -0.3 is 10.4 Å². The van der Waals surface area contributed by atoms with Crippen LogP contribution in [-0.2, 0) is 6.54 Å². The van der Waals surface area contributed by atoms with Gasteiger partial charge in [-0.25, -0.2) is 0 Å². The Hall–Kier alpha value is -1.75. The highest BCUT2D eigenvalue weighted by molar-refractivity contribution is 5.20. The Bertz CT molecular complexity index is 617. The van der Waals surface area contributed by atoms with Crippen LogP contribution in [-0.4, -0.2) is 40.7 Å². The minimum Gasteiger partial charge on any atom is -0.392 e. The number of nitrogens with one attached hydrogen (secondary N) is 1. The second-order valence-corrected chi connectivity index (χ2v) is 6.32. The summed E-state index contributed by atoms with van der Waals surface area (Å²) in [6.45, 7) is 5.41. The number of likely N-dealkylation sites (tertiary alicyclic amines) is 1. The molecule has 1 fully saturated rings. The van der Waals surface area contributed by atoms with Crippen molar-refractivity contribution >= 4 is 0 Å². The summed E-state index contributed by atoms with van der Waals surface area (Å²) in [5.74, 6) is 0. The lowest BCUT2D eigenvalue weighted by molar-refractivity contribution is 0.172.